The quantitative estimate of drug-likeness (QED) is 0.830. The first-order valence-corrected chi connectivity index (χ1v) is 7.35. The summed E-state index contributed by atoms with van der Waals surface area (Å²) in [5.41, 5.74) is 8.23. The zero-order valence-corrected chi connectivity index (χ0v) is 12.3. The molecular formula is C15H24N4O. The number of amides is 1. The van der Waals surface area contributed by atoms with Crippen LogP contribution in [-0.2, 0) is 17.8 Å². The van der Waals surface area contributed by atoms with E-state index in [1.54, 1.807) is 0 Å². The fourth-order valence-electron chi connectivity index (χ4n) is 2.64. The van der Waals surface area contributed by atoms with Crippen LogP contribution >= 0.6 is 0 Å². The van der Waals surface area contributed by atoms with Crippen LogP contribution in [0, 0.1) is 0 Å². The van der Waals surface area contributed by atoms with Crippen molar-refractivity contribution in [2.75, 3.05) is 13.1 Å². The number of rotatable bonds is 5. The number of likely N-dealkylation sites (N-methyl/N-ethyl adjacent to an activating group) is 1. The second-order valence-corrected chi connectivity index (χ2v) is 5.35. The summed E-state index contributed by atoms with van der Waals surface area (Å²) in [6.45, 7) is 6.13. The molecule has 110 valence electrons. The normalized spacial score (nSPS) is 22.9. The lowest BCUT2D eigenvalue weighted by atomic mass is 10.1. The highest BCUT2D eigenvalue weighted by Crippen LogP contribution is 2.19. The van der Waals surface area contributed by atoms with Crippen LogP contribution < -0.4 is 11.1 Å². The van der Waals surface area contributed by atoms with Gasteiger partial charge < -0.3 is 11.1 Å². The predicted molar refractivity (Wildman–Crippen MR) is 79.1 cm³/mol. The van der Waals surface area contributed by atoms with Crippen LogP contribution in [0.15, 0.2) is 18.3 Å². The Balaban J connectivity index is 2.03. The SMILES string of the molecule is CCNC(=O)[C@@H]1C[C@@H](N)CN1Cc1ccc(CC)cn1. The fourth-order valence-corrected chi connectivity index (χ4v) is 2.64. The Morgan fingerprint density at radius 2 is 2.30 bits per heavy atom. The van der Waals surface area contributed by atoms with E-state index < -0.39 is 0 Å². The summed E-state index contributed by atoms with van der Waals surface area (Å²) in [5, 5.41) is 2.89. The Morgan fingerprint density at radius 1 is 1.50 bits per heavy atom. The zero-order valence-electron chi connectivity index (χ0n) is 12.3. The third kappa shape index (κ3) is 3.55. The number of nitrogens with zero attached hydrogens (tertiary/aromatic N) is 2. The van der Waals surface area contributed by atoms with Crippen molar-refractivity contribution in [3.63, 3.8) is 0 Å². The van der Waals surface area contributed by atoms with Gasteiger partial charge in [0.2, 0.25) is 5.91 Å². The van der Waals surface area contributed by atoms with E-state index in [-0.39, 0.29) is 18.0 Å². The number of nitrogens with two attached hydrogens (primary N) is 1. The Kier molecular flexibility index (Phi) is 5.09. The molecule has 1 amide bonds. The molecule has 0 unspecified atom stereocenters. The lowest BCUT2D eigenvalue weighted by Gasteiger charge is -2.22. The number of hydrogen-bond donors (Lipinski definition) is 2. The van der Waals surface area contributed by atoms with Gasteiger partial charge in [-0.15, -0.1) is 0 Å². The molecule has 1 aliphatic heterocycles. The van der Waals surface area contributed by atoms with E-state index in [1.165, 1.54) is 5.56 Å². The van der Waals surface area contributed by atoms with Crippen LogP contribution in [0.3, 0.4) is 0 Å². The highest BCUT2D eigenvalue weighted by molar-refractivity contribution is 5.82. The largest absolute Gasteiger partial charge is 0.355 e. The number of carbonyl (C=O) groups is 1. The summed E-state index contributed by atoms with van der Waals surface area (Å²) < 4.78 is 0. The first-order valence-electron chi connectivity index (χ1n) is 7.35. The maximum Gasteiger partial charge on any atom is 0.237 e. The Hall–Kier alpha value is -1.46. The van der Waals surface area contributed by atoms with Crippen molar-refractivity contribution in [3.05, 3.63) is 29.6 Å². The maximum atomic E-state index is 12.1. The van der Waals surface area contributed by atoms with Crippen molar-refractivity contribution in [1.29, 1.82) is 0 Å². The van der Waals surface area contributed by atoms with Gasteiger partial charge in [0, 0.05) is 31.9 Å². The summed E-state index contributed by atoms with van der Waals surface area (Å²) in [5.74, 6) is 0.0747. The van der Waals surface area contributed by atoms with Crippen LogP contribution in [0.2, 0.25) is 0 Å². The average Bonchev–Trinajstić information content (AvgIpc) is 2.81. The highest BCUT2D eigenvalue weighted by Gasteiger charge is 2.34. The minimum atomic E-state index is -0.127. The first kappa shape index (κ1) is 14.9. The van der Waals surface area contributed by atoms with Gasteiger partial charge in [-0.1, -0.05) is 13.0 Å². The van der Waals surface area contributed by atoms with Crippen LogP contribution in [0.25, 0.3) is 0 Å². The first-order chi connectivity index (χ1) is 9.63. The molecule has 0 saturated carbocycles. The topological polar surface area (TPSA) is 71.2 Å². The summed E-state index contributed by atoms with van der Waals surface area (Å²) in [7, 11) is 0. The van der Waals surface area contributed by atoms with Crippen LogP contribution in [0.5, 0.6) is 0 Å². The van der Waals surface area contributed by atoms with Gasteiger partial charge in [0.25, 0.3) is 0 Å². The third-order valence-electron chi connectivity index (χ3n) is 3.75. The summed E-state index contributed by atoms with van der Waals surface area (Å²) in [6.07, 6.45) is 3.62. The molecule has 2 atom stereocenters. The molecule has 5 nitrogen and oxygen atoms in total. The van der Waals surface area contributed by atoms with E-state index in [9.17, 15) is 4.79 Å². The van der Waals surface area contributed by atoms with Crippen LogP contribution in [0.1, 0.15) is 31.5 Å². The molecule has 1 fully saturated rings. The standard InChI is InChI=1S/C15H24N4O/c1-3-11-5-6-13(18-8-11)10-19-9-12(16)7-14(19)15(20)17-4-2/h5-6,8,12,14H,3-4,7,9-10,16H2,1-2H3,(H,17,20)/t12-,14+/m1/s1. The number of likely N-dealkylation sites (tertiary alicyclic amines) is 1. The van der Waals surface area contributed by atoms with E-state index in [1.807, 2.05) is 19.2 Å². The Labute approximate surface area is 120 Å². The minimum absolute atomic E-state index is 0.0671. The molecule has 1 aromatic rings. The number of pyridine rings is 1. The lowest BCUT2D eigenvalue weighted by Crippen LogP contribution is -2.42. The molecule has 1 saturated heterocycles. The van der Waals surface area contributed by atoms with Gasteiger partial charge in [-0.3, -0.25) is 14.7 Å². The molecule has 5 heteroatoms. The second kappa shape index (κ2) is 6.81. The van der Waals surface area contributed by atoms with E-state index in [0.29, 0.717) is 13.1 Å². The summed E-state index contributed by atoms with van der Waals surface area (Å²) in [4.78, 5) is 18.7. The molecule has 1 aromatic heterocycles. The number of nitrogens with one attached hydrogen (secondary N) is 1. The monoisotopic (exact) mass is 276 g/mol. The van der Waals surface area contributed by atoms with Gasteiger partial charge in [-0.2, -0.15) is 0 Å². The smallest absolute Gasteiger partial charge is 0.237 e. The van der Waals surface area contributed by atoms with Crippen molar-refractivity contribution in [2.24, 2.45) is 5.73 Å². The van der Waals surface area contributed by atoms with Crippen molar-refractivity contribution >= 4 is 5.91 Å². The number of carbonyl (C=O) groups excluding carboxylic acids is 1. The van der Waals surface area contributed by atoms with Crippen LogP contribution in [-0.4, -0.2) is 41.0 Å². The van der Waals surface area contributed by atoms with E-state index >= 15 is 0 Å². The number of aromatic nitrogens is 1. The molecule has 2 heterocycles. The number of aryl methyl sites for hydroxylation is 1. The molecule has 0 aliphatic carbocycles. The second-order valence-electron chi connectivity index (χ2n) is 5.35. The summed E-state index contributed by atoms with van der Waals surface area (Å²) >= 11 is 0. The predicted octanol–water partition coefficient (Wildman–Crippen LogP) is 0.682. The Bertz CT molecular complexity index is 446. The molecule has 0 aromatic carbocycles. The Morgan fingerprint density at radius 3 is 2.90 bits per heavy atom. The van der Waals surface area contributed by atoms with Crippen LogP contribution in [0.4, 0.5) is 0 Å². The molecule has 20 heavy (non-hydrogen) atoms. The van der Waals surface area contributed by atoms with Crippen molar-refractivity contribution in [1.82, 2.24) is 15.2 Å². The van der Waals surface area contributed by atoms with Gasteiger partial charge in [0.1, 0.15) is 0 Å². The third-order valence-corrected chi connectivity index (χ3v) is 3.75. The zero-order chi connectivity index (χ0) is 14.5. The summed E-state index contributed by atoms with van der Waals surface area (Å²) in [6, 6.07) is 4.08. The maximum absolute atomic E-state index is 12.1. The van der Waals surface area contributed by atoms with Gasteiger partial charge in [0.05, 0.1) is 11.7 Å². The van der Waals surface area contributed by atoms with Crippen molar-refractivity contribution < 1.29 is 4.79 Å². The van der Waals surface area contributed by atoms with E-state index in [4.69, 9.17) is 5.73 Å². The van der Waals surface area contributed by atoms with E-state index in [2.05, 4.69) is 28.2 Å². The molecule has 2 rings (SSSR count). The van der Waals surface area contributed by atoms with Crippen molar-refractivity contribution in [3.8, 4) is 0 Å². The molecule has 0 spiro atoms. The molecule has 0 radical (unpaired) electrons. The van der Waals surface area contributed by atoms with Gasteiger partial charge in [0.15, 0.2) is 0 Å². The lowest BCUT2D eigenvalue weighted by molar-refractivity contribution is -0.125. The molecule has 3 N–H and O–H groups in total. The van der Waals surface area contributed by atoms with Gasteiger partial charge >= 0.3 is 0 Å². The molecule has 1 aliphatic rings. The van der Waals surface area contributed by atoms with Gasteiger partial charge in [-0.05, 0) is 31.4 Å². The van der Waals surface area contributed by atoms with Crippen molar-refractivity contribution in [2.45, 2.75) is 45.3 Å². The fraction of sp³-hybridized carbons (Fsp3) is 0.600. The molecular weight excluding hydrogens is 252 g/mol. The van der Waals surface area contributed by atoms with E-state index in [0.717, 1.165) is 25.1 Å². The minimum Gasteiger partial charge on any atom is -0.355 e. The highest BCUT2D eigenvalue weighted by atomic mass is 16.2. The van der Waals surface area contributed by atoms with Gasteiger partial charge in [-0.25, -0.2) is 0 Å². The number of hydrogen-bond acceptors (Lipinski definition) is 4. The molecule has 0 bridgehead atoms. The average molecular weight is 276 g/mol.